The fourth-order valence-electron chi connectivity index (χ4n) is 3.03. The van der Waals surface area contributed by atoms with Crippen molar-refractivity contribution in [2.75, 3.05) is 29.0 Å². The molecule has 0 fully saturated rings. The van der Waals surface area contributed by atoms with E-state index >= 15 is 0 Å². The average molecular weight is 457 g/mol. The number of anilines is 2. The van der Waals surface area contributed by atoms with E-state index in [2.05, 4.69) is 5.32 Å². The Morgan fingerprint density at radius 1 is 0.968 bits per heavy atom. The van der Waals surface area contributed by atoms with E-state index in [0.29, 0.717) is 23.7 Å². The molecule has 0 aliphatic rings. The highest BCUT2D eigenvalue weighted by atomic mass is 32.2. The molecule has 0 saturated carbocycles. The topological polar surface area (TPSA) is 75.7 Å². The molecule has 0 spiro atoms. The lowest BCUT2D eigenvalue weighted by molar-refractivity contribution is -0.114. The maximum absolute atomic E-state index is 13.5. The van der Waals surface area contributed by atoms with E-state index in [0.717, 1.165) is 9.20 Å². The molecule has 3 aromatic carbocycles. The van der Waals surface area contributed by atoms with Crippen LogP contribution in [0.25, 0.3) is 0 Å². The van der Waals surface area contributed by atoms with Crippen molar-refractivity contribution in [3.05, 3.63) is 78.9 Å². The minimum Gasteiger partial charge on any atom is -0.492 e. The third-order valence-corrected chi connectivity index (χ3v) is 7.00. The second kappa shape index (κ2) is 10.4. The van der Waals surface area contributed by atoms with Crippen molar-refractivity contribution >= 4 is 39.1 Å². The van der Waals surface area contributed by atoms with Crippen LogP contribution in [0, 0.1) is 0 Å². The molecule has 0 aromatic heterocycles. The Hall–Kier alpha value is -2.97. The van der Waals surface area contributed by atoms with Gasteiger partial charge in [-0.2, -0.15) is 0 Å². The van der Waals surface area contributed by atoms with Crippen LogP contribution in [0.3, 0.4) is 0 Å². The second-order valence-electron chi connectivity index (χ2n) is 6.47. The number of hydrogen-bond acceptors (Lipinski definition) is 5. The Balaban J connectivity index is 2.00. The summed E-state index contributed by atoms with van der Waals surface area (Å²) in [5, 5.41) is 2.83. The van der Waals surface area contributed by atoms with Crippen LogP contribution in [0.4, 0.5) is 11.4 Å². The maximum atomic E-state index is 13.5. The van der Waals surface area contributed by atoms with Gasteiger partial charge < -0.3 is 10.1 Å². The first-order valence-corrected chi connectivity index (χ1v) is 12.4. The number of benzene rings is 3. The van der Waals surface area contributed by atoms with Crippen molar-refractivity contribution in [3.63, 3.8) is 0 Å². The number of nitrogens with one attached hydrogen (secondary N) is 1. The van der Waals surface area contributed by atoms with Crippen LogP contribution in [0.2, 0.25) is 0 Å². The number of thioether (sulfide) groups is 1. The predicted molar refractivity (Wildman–Crippen MR) is 125 cm³/mol. The highest BCUT2D eigenvalue weighted by molar-refractivity contribution is 7.98. The van der Waals surface area contributed by atoms with Crippen LogP contribution in [0.15, 0.2) is 88.7 Å². The Labute approximate surface area is 187 Å². The van der Waals surface area contributed by atoms with Crippen LogP contribution >= 0.6 is 11.8 Å². The van der Waals surface area contributed by atoms with Crippen LogP contribution in [0.1, 0.15) is 6.92 Å². The van der Waals surface area contributed by atoms with E-state index in [-0.39, 0.29) is 4.90 Å². The summed E-state index contributed by atoms with van der Waals surface area (Å²) >= 11 is 1.50. The Morgan fingerprint density at radius 2 is 1.61 bits per heavy atom. The zero-order valence-electron chi connectivity index (χ0n) is 17.3. The molecule has 162 valence electrons. The molecule has 0 aliphatic carbocycles. The van der Waals surface area contributed by atoms with Crippen molar-refractivity contribution in [3.8, 4) is 5.75 Å². The van der Waals surface area contributed by atoms with E-state index in [4.69, 9.17) is 4.74 Å². The molecule has 0 radical (unpaired) electrons. The fourth-order valence-corrected chi connectivity index (χ4v) is 5.03. The van der Waals surface area contributed by atoms with Gasteiger partial charge in [0.2, 0.25) is 5.91 Å². The zero-order chi connectivity index (χ0) is 22.3. The minimum absolute atomic E-state index is 0.0959. The first-order chi connectivity index (χ1) is 15.0. The number of rotatable bonds is 9. The quantitative estimate of drug-likeness (QED) is 0.475. The molecule has 1 N–H and O–H groups in total. The van der Waals surface area contributed by atoms with E-state index in [9.17, 15) is 13.2 Å². The minimum atomic E-state index is -4.01. The third-order valence-electron chi connectivity index (χ3n) is 4.43. The number of carbonyl (C=O) groups is 1. The third kappa shape index (κ3) is 5.39. The van der Waals surface area contributed by atoms with Gasteiger partial charge in [0.05, 0.1) is 22.9 Å². The molecule has 3 aromatic rings. The fraction of sp³-hybridized carbons (Fsp3) is 0.174. The van der Waals surface area contributed by atoms with Crippen molar-refractivity contribution in [2.24, 2.45) is 0 Å². The summed E-state index contributed by atoms with van der Waals surface area (Å²) in [6.07, 6.45) is 1.91. The Morgan fingerprint density at radius 3 is 2.32 bits per heavy atom. The normalized spacial score (nSPS) is 11.0. The van der Waals surface area contributed by atoms with E-state index < -0.39 is 22.5 Å². The summed E-state index contributed by atoms with van der Waals surface area (Å²) < 4.78 is 33.7. The molecule has 0 bridgehead atoms. The van der Waals surface area contributed by atoms with Gasteiger partial charge >= 0.3 is 0 Å². The summed E-state index contributed by atoms with van der Waals surface area (Å²) in [5.41, 5.74) is 0.941. The standard InChI is InChI=1S/C23H24N2O4S2/c1-3-29-21-15-9-8-14-20(21)25(31(27,28)18-11-5-4-6-12-18)17-23(26)24-19-13-7-10-16-22(19)30-2/h4-16H,3,17H2,1-2H3,(H,24,26). The molecule has 0 atom stereocenters. The molecular weight excluding hydrogens is 432 g/mol. The van der Waals surface area contributed by atoms with Gasteiger partial charge in [0.15, 0.2) is 0 Å². The highest BCUT2D eigenvalue weighted by Gasteiger charge is 2.29. The number of ether oxygens (including phenoxy) is 1. The predicted octanol–water partition coefficient (Wildman–Crippen LogP) is 4.64. The molecule has 0 unspecified atom stereocenters. The Bertz CT molecular complexity index is 1140. The molecular formula is C23H24N2O4S2. The van der Waals surface area contributed by atoms with Gasteiger partial charge in [0.25, 0.3) is 10.0 Å². The molecule has 0 saturated heterocycles. The number of para-hydroxylation sites is 3. The zero-order valence-corrected chi connectivity index (χ0v) is 18.9. The Kier molecular flexibility index (Phi) is 7.59. The summed E-state index contributed by atoms with van der Waals surface area (Å²) in [7, 11) is -4.01. The van der Waals surface area contributed by atoms with Crippen molar-refractivity contribution in [1.29, 1.82) is 0 Å². The van der Waals surface area contributed by atoms with Gasteiger partial charge in [-0.1, -0.05) is 42.5 Å². The van der Waals surface area contributed by atoms with Crippen LogP contribution in [-0.4, -0.2) is 33.7 Å². The lowest BCUT2D eigenvalue weighted by Gasteiger charge is -2.26. The van der Waals surface area contributed by atoms with Gasteiger partial charge in [0.1, 0.15) is 12.3 Å². The summed E-state index contributed by atoms with van der Waals surface area (Å²) in [5.74, 6) is -0.0610. The van der Waals surface area contributed by atoms with Crippen molar-refractivity contribution < 1.29 is 17.9 Å². The van der Waals surface area contributed by atoms with Gasteiger partial charge in [0, 0.05) is 4.90 Å². The van der Waals surface area contributed by atoms with Gasteiger partial charge in [-0.15, -0.1) is 11.8 Å². The number of hydrogen-bond donors (Lipinski definition) is 1. The lowest BCUT2D eigenvalue weighted by atomic mass is 10.3. The maximum Gasteiger partial charge on any atom is 0.264 e. The molecule has 0 heterocycles. The lowest BCUT2D eigenvalue weighted by Crippen LogP contribution is -2.38. The number of nitrogens with zero attached hydrogens (tertiary/aromatic N) is 1. The number of amides is 1. The summed E-state index contributed by atoms with van der Waals surface area (Å²) in [4.78, 5) is 13.9. The molecule has 8 heteroatoms. The number of sulfonamides is 1. The van der Waals surface area contributed by atoms with Crippen molar-refractivity contribution in [1.82, 2.24) is 0 Å². The van der Waals surface area contributed by atoms with Gasteiger partial charge in [-0.05, 0) is 49.6 Å². The smallest absolute Gasteiger partial charge is 0.264 e. The molecule has 1 amide bonds. The highest BCUT2D eigenvalue weighted by Crippen LogP contribution is 2.33. The SMILES string of the molecule is CCOc1ccccc1N(CC(=O)Nc1ccccc1SC)S(=O)(=O)c1ccccc1. The van der Waals surface area contributed by atoms with E-state index in [1.54, 1.807) is 48.5 Å². The van der Waals surface area contributed by atoms with Crippen molar-refractivity contribution in [2.45, 2.75) is 16.7 Å². The van der Waals surface area contributed by atoms with Crippen LogP contribution in [-0.2, 0) is 14.8 Å². The van der Waals surface area contributed by atoms with E-state index in [1.165, 1.54) is 23.9 Å². The first-order valence-electron chi connectivity index (χ1n) is 9.70. The molecule has 0 aliphatic heterocycles. The van der Waals surface area contributed by atoms with Gasteiger partial charge in [-0.3, -0.25) is 9.10 Å². The number of carbonyl (C=O) groups excluding carboxylic acids is 1. The molecule has 31 heavy (non-hydrogen) atoms. The van der Waals surface area contributed by atoms with Gasteiger partial charge in [-0.25, -0.2) is 8.42 Å². The monoisotopic (exact) mass is 456 g/mol. The summed E-state index contributed by atoms with van der Waals surface area (Å²) in [6.45, 7) is 1.78. The first kappa shape index (κ1) is 22.7. The van der Waals surface area contributed by atoms with Crippen LogP contribution < -0.4 is 14.4 Å². The van der Waals surface area contributed by atoms with E-state index in [1.807, 2.05) is 31.4 Å². The summed E-state index contributed by atoms with van der Waals surface area (Å²) in [6, 6.07) is 22.2. The molecule has 3 rings (SSSR count). The molecule has 6 nitrogen and oxygen atoms in total. The average Bonchev–Trinajstić information content (AvgIpc) is 2.79. The second-order valence-corrected chi connectivity index (χ2v) is 9.18. The van der Waals surface area contributed by atoms with Crippen LogP contribution in [0.5, 0.6) is 5.75 Å². The largest absolute Gasteiger partial charge is 0.492 e.